The number of halogens is 1. The van der Waals surface area contributed by atoms with Crippen LogP contribution in [0.2, 0.25) is 0 Å². The average Bonchev–Trinajstić information content (AvgIpc) is 2.26. The number of ether oxygens (including phenoxy) is 1. The van der Waals surface area contributed by atoms with Crippen LogP contribution in [0.15, 0.2) is 18.2 Å². The molecule has 1 aromatic rings. The lowest BCUT2D eigenvalue weighted by Crippen LogP contribution is -2.18. The Balaban J connectivity index is 0.00000225. The Morgan fingerprint density at radius 1 is 1.38 bits per heavy atom. The Bertz CT molecular complexity index is 328. The second-order valence-electron chi connectivity index (χ2n) is 4.14. The molecule has 0 aliphatic carbocycles. The number of rotatable bonds is 4. The highest BCUT2D eigenvalue weighted by Crippen LogP contribution is 2.26. The molecule has 0 heterocycles. The molecular formula is C13H22ClNO. The molecule has 0 aliphatic heterocycles. The zero-order valence-electron chi connectivity index (χ0n) is 10.5. The van der Waals surface area contributed by atoms with Gasteiger partial charge in [-0.1, -0.05) is 32.4 Å². The maximum absolute atomic E-state index is 6.17. The van der Waals surface area contributed by atoms with Gasteiger partial charge in [0.1, 0.15) is 5.75 Å². The highest BCUT2D eigenvalue weighted by atomic mass is 35.5. The first-order valence-corrected chi connectivity index (χ1v) is 5.50. The standard InChI is InChI=1S/C13H21NO.ClH/c1-5-9(2)13(14)11-6-7-12(15-4)10(3)8-11;/h6-9,13H,5,14H2,1-4H3;1H/t9?,13-;/m0./s1. The molecular weight excluding hydrogens is 222 g/mol. The molecule has 0 aliphatic rings. The van der Waals surface area contributed by atoms with Crippen LogP contribution in [0.3, 0.4) is 0 Å². The van der Waals surface area contributed by atoms with Crippen molar-refractivity contribution in [1.29, 1.82) is 0 Å². The van der Waals surface area contributed by atoms with Crippen molar-refractivity contribution < 1.29 is 4.74 Å². The van der Waals surface area contributed by atoms with Crippen LogP contribution in [0.25, 0.3) is 0 Å². The second-order valence-corrected chi connectivity index (χ2v) is 4.14. The lowest BCUT2D eigenvalue weighted by atomic mass is 9.92. The monoisotopic (exact) mass is 243 g/mol. The quantitative estimate of drug-likeness (QED) is 0.879. The van der Waals surface area contributed by atoms with E-state index >= 15 is 0 Å². The molecule has 2 nitrogen and oxygen atoms in total. The van der Waals surface area contributed by atoms with E-state index in [9.17, 15) is 0 Å². The Kier molecular flexibility index (Phi) is 6.46. The van der Waals surface area contributed by atoms with Crippen LogP contribution in [0.4, 0.5) is 0 Å². The number of aryl methyl sites for hydroxylation is 1. The van der Waals surface area contributed by atoms with Crippen molar-refractivity contribution in [2.24, 2.45) is 11.7 Å². The van der Waals surface area contributed by atoms with E-state index in [4.69, 9.17) is 10.5 Å². The van der Waals surface area contributed by atoms with Crippen molar-refractivity contribution in [3.8, 4) is 5.75 Å². The molecule has 0 radical (unpaired) electrons. The molecule has 0 fully saturated rings. The van der Waals surface area contributed by atoms with E-state index in [0.717, 1.165) is 17.7 Å². The van der Waals surface area contributed by atoms with Gasteiger partial charge < -0.3 is 10.5 Å². The predicted octanol–water partition coefficient (Wildman–Crippen LogP) is 3.47. The summed E-state index contributed by atoms with van der Waals surface area (Å²) >= 11 is 0. The van der Waals surface area contributed by atoms with E-state index in [2.05, 4.69) is 26.0 Å². The van der Waals surface area contributed by atoms with Crippen LogP contribution < -0.4 is 10.5 Å². The second kappa shape index (κ2) is 6.77. The van der Waals surface area contributed by atoms with Crippen LogP contribution in [0, 0.1) is 12.8 Å². The third-order valence-electron chi connectivity index (χ3n) is 3.06. The first kappa shape index (κ1) is 15.3. The minimum absolute atomic E-state index is 0. The van der Waals surface area contributed by atoms with Crippen LogP contribution in [0.1, 0.15) is 37.4 Å². The summed E-state index contributed by atoms with van der Waals surface area (Å²) in [5.74, 6) is 1.44. The molecule has 1 unspecified atom stereocenters. The molecule has 1 aromatic carbocycles. The number of nitrogens with two attached hydrogens (primary N) is 1. The van der Waals surface area contributed by atoms with Crippen molar-refractivity contribution in [3.63, 3.8) is 0 Å². The van der Waals surface area contributed by atoms with Gasteiger partial charge >= 0.3 is 0 Å². The number of hydrogen-bond donors (Lipinski definition) is 1. The summed E-state index contributed by atoms with van der Waals surface area (Å²) < 4.78 is 5.23. The molecule has 92 valence electrons. The predicted molar refractivity (Wildman–Crippen MR) is 71.4 cm³/mol. The molecule has 0 amide bonds. The van der Waals surface area contributed by atoms with E-state index < -0.39 is 0 Å². The minimum Gasteiger partial charge on any atom is -0.496 e. The van der Waals surface area contributed by atoms with Gasteiger partial charge in [0, 0.05) is 6.04 Å². The maximum Gasteiger partial charge on any atom is 0.121 e. The number of methoxy groups -OCH3 is 1. The van der Waals surface area contributed by atoms with Crippen molar-refractivity contribution >= 4 is 12.4 Å². The third-order valence-corrected chi connectivity index (χ3v) is 3.06. The zero-order chi connectivity index (χ0) is 11.4. The van der Waals surface area contributed by atoms with Crippen LogP contribution in [-0.2, 0) is 0 Å². The van der Waals surface area contributed by atoms with E-state index in [1.165, 1.54) is 5.56 Å². The summed E-state index contributed by atoms with van der Waals surface area (Å²) in [5, 5.41) is 0. The molecule has 2 atom stereocenters. The molecule has 0 spiro atoms. The number of benzene rings is 1. The van der Waals surface area contributed by atoms with E-state index in [0.29, 0.717) is 5.92 Å². The van der Waals surface area contributed by atoms with Gasteiger partial charge in [0.05, 0.1) is 7.11 Å². The van der Waals surface area contributed by atoms with E-state index in [1.54, 1.807) is 7.11 Å². The first-order valence-electron chi connectivity index (χ1n) is 5.50. The summed E-state index contributed by atoms with van der Waals surface area (Å²) in [4.78, 5) is 0. The largest absolute Gasteiger partial charge is 0.496 e. The van der Waals surface area contributed by atoms with Crippen LogP contribution >= 0.6 is 12.4 Å². The van der Waals surface area contributed by atoms with Gasteiger partial charge in [-0.25, -0.2) is 0 Å². The third kappa shape index (κ3) is 3.39. The van der Waals surface area contributed by atoms with Crippen molar-refractivity contribution in [1.82, 2.24) is 0 Å². The van der Waals surface area contributed by atoms with Gasteiger partial charge in [0.2, 0.25) is 0 Å². The first-order chi connectivity index (χ1) is 7.10. The van der Waals surface area contributed by atoms with Crippen LogP contribution in [-0.4, -0.2) is 7.11 Å². The molecule has 1 rings (SSSR count). The van der Waals surface area contributed by atoms with Gasteiger partial charge in [-0.05, 0) is 30.0 Å². The summed E-state index contributed by atoms with van der Waals surface area (Å²) in [6.07, 6.45) is 1.10. The zero-order valence-corrected chi connectivity index (χ0v) is 11.3. The maximum atomic E-state index is 6.17. The van der Waals surface area contributed by atoms with Gasteiger partial charge in [-0.2, -0.15) is 0 Å². The summed E-state index contributed by atoms with van der Waals surface area (Å²) in [6, 6.07) is 6.30. The Labute approximate surface area is 105 Å². The average molecular weight is 244 g/mol. The summed E-state index contributed by atoms with van der Waals surface area (Å²) in [5.41, 5.74) is 8.51. The van der Waals surface area contributed by atoms with Crippen molar-refractivity contribution in [2.75, 3.05) is 7.11 Å². The highest BCUT2D eigenvalue weighted by Gasteiger charge is 2.13. The lowest BCUT2D eigenvalue weighted by Gasteiger charge is -2.19. The normalized spacial score (nSPS) is 13.8. The molecule has 0 aromatic heterocycles. The number of hydrogen-bond acceptors (Lipinski definition) is 2. The van der Waals surface area contributed by atoms with Gasteiger partial charge in [-0.15, -0.1) is 12.4 Å². The van der Waals surface area contributed by atoms with Crippen LogP contribution in [0.5, 0.6) is 5.75 Å². The molecule has 0 bridgehead atoms. The molecule has 3 heteroatoms. The smallest absolute Gasteiger partial charge is 0.121 e. The van der Waals surface area contributed by atoms with E-state index in [-0.39, 0.29) is 18.4 Å². The highest BCUT2D eigenvalue weighted by molar-refractivity contribution is 5.85. The van der Waals surface area contributed by atoms with Crippen molar-refractivity contribution in [3.05, 3.63) is 29.3 Å². The van der Waals surface area contributed by atoms with Gasteiger partial charge in [0.25, 0.3) is 0 Å². The molecule has 2 N–H and O–H groups in total. The van der Waals surface area contributed by atoms with Crippen molar-refractivity contribution in [2.45, 2.75) is 33.2 Å². The Hall–Kier alpha value is -0.730. The lowest BCUT2D eigenvalue weighted by molar-refractivity contribution is 0.410. The Morgan fingerprint density at radius 3 is 2.44 bits per heavy atom. The molecule has 16 heavy (non-hydrogen) atoms. The molecule has 0 saturated carbocycles. The topological polar surface area (TPSA) is 35.2 Å². The molecule has 0 saturated heterocycles. The summed E-state index contributed by atoms with van der Waals surface area (Å²) in [7, 11) is 1.69. The fraction of sp³-hybridized carbons (Fsp3) is 0.538. The van der Waals surface area contributed by atoms with E-state index in [1.807, 2.05) is 13.0 Å². The minimum atomic E-state index is 0. The van der Waals surface area contributed by atoms with Gasteiger partial charge in [-0.3, -0.25) is 0 Å². The Morgan fingerprint density at radius 2 is 2.00 bits per heavy atom. The summed E-state index contributed by atoms with van der Waals surface area (Å²) in [6.45, 7) is 6.40. The fourth-order valence-electron chi connectivity index (χ4n) is 1.69. The SMILES string of the molecule is CCC(C)[C@H](N)c1ccc(OC)c(C)c1.Cl. The fourth-order valence-corrected chi connectivity index (χ4v) is 1.69. The van der Waals surface area contributed by atoms with Gasteiger partial charge in [0.15, 0.2) is 0 Å².